The summed E-state index contributed by atoms with van der Waals surface area (Å²) in [6.07, 6.45) is 8.70. The largest absolute Gasteiger partial charge is 0.391 e. The van der Waals surface area contributed by atoms with Gasteiger partial charge in [-0.1, -0.05) is 72.3 Å². The van der Waals surface area contributed by atoms with Crippen molar-refractivity contribution in [3.63, 3.8) is 0 Å². The number of nitrogens with two attached hydrogens (primary N) is 2. The number of carbonyl (C=O) groups is 2. The second-order valence-electron chi connectivity index (χ2n) is 10.6. The number of hydrogen-bond donors (Lipinski definition) is 4. The van der Waals surface area contributed by atoms with E-state index in [9.17, 15) is 14.7 Å². The first kappa shape index (κ1) is 28.4. The lowest BCUT2D eigenvalue weighted by Crippen LogP contribution is -2.48. The van der Waals surface area contributed by atoms with Crippen LogP contribution in [0.5, 0.6) is 0 Å². The van der Waals surface area contributed by atoms with Crippen LogP contribution in [0.15, 0.2) is 24.4 Å². The molecular formula is C27H46N4O3. The number of aromatic nitrogens is 1. The number of nitrogens with zero attached hydrogens (tertiary/aromatic N) is 1. The minimum absolute atomic E-state index is 0.0175. The molecule has 0 aromatic carbocycles. The van der Waals surface area contributed by atoms with E-state index >= 15 is 0 Å². The molecule has 1 heterocycles. The molecule has 0 radical (unpaired) electrons. The lowest BCUT2D eigenvalue weighted by atomic mass is 9.81. The average Bonchev–Trinajstić information content (AvgIpc) is 2.84. The third-order valence-corrected chi connectivity index (χ3v) is 7.60. The van der Waals surface area contributed by atoms with E-state index in [4.69, 9.17) is 11.5 Å². The molecule has 1 fully saturated rings. The van der Waals surface area contributed by atoms with Crippen LogP contribution in [0, 0.1) is 23.7 Å². The van der Waals surface area contributed by atoms with Crippen LogP contribution in [0.3, 0.4) is 0 Å². The first-order chi connectivity index (χ1) is 16.1. The van der Waals surface area contributed by atoms with Crippen molar-refractivity contribution in [3.8, 4) is 0 Å². The molecule has 0 spiro atoms. The second kappa shape index (κ2) is 13.9. The molecule has 1 amide bonds. The van der Waals surface area contributed by atoms with Crippen LogP contribution in [-0.4, -0.2) is 40.0 Å². The Kier molecular flexibility index (Phi) is 11.6. The molecule has 7 heteroatoms. The number of nitrogens with one attached hydrogen (secondary N) is 1. The number of carbonyl (C=O) groups excluding carboxylic acids is 2. The van der Waals surface area contributed by atoms with Gasteiger partial charge in [0.2, 0.25) is 5.91 Å². The van der Waals surface area contributed by atoms with E-state index in [0.29, 0.717) is 11.6 Å². The van der Waals surface area contributed by atoms with Crippen molar-refractivity contribution in [2.45, 2.75) is 103 Å². The maximum atomic E-state index is 13.4. The van der Waals surface area contributed by atoms with E-state index in [0.717, 1.165) is 12.8 Å². The van der Waals surface area contributed by atoms with Crippen molar-refractivity contribution in [2.75, 3.05) is 0 Å². The molecule has 6 N–H and O–H groups in total. The maximum absolute atomic E-state index is 13.4. The number of aliphatic hydroxyl groups is 1. The number of hydrogen-bond acceptors (Lipinski definition) is 6. The molecule has 7 nitrogen and oxygen atoms in total. The molecule has 1 aromatic heterocycles. The Bertz CT molecular complexity index is 752. The molecule has 1 aromatic rings. The molecule has 0 bridgehead atoms. The summed E-state index contributed by atoms with van der Waals surface area (Å²) in [6, 6.07) is 3.30. The molecule has 1 aliphatic rings. The summed E-state index contributed by atoms with van der Waals surface area (Å²) >= 11 is 0. The highest BCUT2D eigenvalue weighted by molar-refractivity contribution is 5.93. The minimum Gasteiger partial charge on any atom is -0.391 e. The van der Waals surface area contributed by atoms with Gasteiger partial charge in [0.1, 0.15) is 6.04 Å². The predicted octanol–water partition coefficient (Wildman–Crippen LogP) is 3.50. The fourth-order valence-corrected chi connectivity index (χ4v) is 4.90. The highest BCUT2D eigenvalue weighted by Crippen LogP contribution is 2.29. The Morgan fingerprint density at radius 1 is 1.15 bits per heavy atom. The third kappa shape index (κ3) is 8.14. The van der Waals surface area contributed by atoms with Crippen LogP contribution in [0.25, 0.3) is 0 Å². The van der Waals surface area contributed by atoms with Crippen LogP contribution < -0.4 is 16.8 Å². The summed E-state index contributed by atoms with van der Waals surface area (Å²) in [5.74, 6) is -0.503. The Hall–Kier alpha value is -1.83. The van der Waals surface area contributed by atoms with Gasteiger partial charge in [0.05, 0.1) is 17.8 Å². The summed E-state index contributed by atoms with van der Waals surface area (Å²) < 4.78 is 0. The molecule has 34 heavy (non-hydrogen) atoms. The monoisotopic (exact) mass is 474 g/mol. The smallest absolute Gasteiger partial charge is 0.224 e. The molecule has 1 aliphatic carbocycles. The van der Waals surface area contributed by atoms with Crippen LogP contribution >= 0.6 is 0 Å². The van der Waals surface area contributed by atoms with E-state index in [1.165, 1.54) is 32.1 Å². The highest BCUT2D eigenvalue weighted by Gasteiger charge is 2.35. The van der Waals surface area contributed by atoms with Crippen molar-refractivity contribution < 1.29 is 14.7 Å². The average molecular weight is 475 g/mol. The summed E-state index contributed by atoms with van der Waals surface area (Å²) in [6.45, 7) is 7.82. The van der Waals surface area contributed by atoms with Gasteiger partial charge in [0.15, 0.2) is 5.78 Å². The van der Waals surface area contributed by atoms with E-state index in [2.05, 4.69) is 10.3 Å². The molecule has 2 rings (SSSR count). The zero-order valence-corrected chi connectivity index (χ0v) is 21.5. The van der Waals surface area contributed by atoms with Gasteiger partial charge in [-0.25, -0.2) is 0 Å². The van der Waals surface area contributed by atoms with Gasteiger partial charge in [0.25, 0.3) is 0 Å². The minimum atomic E-state index is -0.924. The van der Waals surface area contributed by atoms with Gasteiger partial charge in [-0.3, -0.25) is 14.6 Å². The fourth-order valence-electron chi connectivity index (χ4n) is 4.90. The zero-order chi connectivity index (χ0) is 25.3. The Balaban J connectivity index is 2.12. The van der Waals surface area contributed by atoms with Gasteiger partial charge in [-0.05, 0) is 42.7 Å². The summed E-state index contributed by atoms with van der Waals surface area (Å²) in [5, 5.41) is 13.8. The molecule has 6 atom stereocenters. The van der Waals surface area contributed by atoms with E-state index in [1.807, 2.05) is 27.7 Å². The summed E-state index contributed by atoms with van der Waals surface area (Å²) in [7, 11) is 0. The van der Waals surface area contributed by atoms with Crippen LogP contribution in [-0.2, 0) is 9.59 Å². The van der Waals surface area contributed by atoms with Crippen molar-refractivity contribution >= 4 is 11.7 Å². The van der Waals surface area contributed by atoms with Gasteiger partial charge in [-0.15, -0.1) is 0 Å². The van der Waals surface area contributed by atoms with Crippen LogP contribution in [0.2, 0.25) is 0 Å². The van der Waals surface area contributed by atoms with Crippen molar-refractivity contribution in [3.05, 3.63) is 30.1 Å². The lowest BCUT2D eigenvalue weighted by molar-refractivity contribution is -0.133. The van der Waals surface area contributed by atoms with Crippen LogP contribution in [0.1, 0.15) is 90.8 Å². The predicted molar refractivity (Wildman–Crippen MR) is 136 cm³/mol. The first-order valence-electron chi connectivity index (χ1n) is 13.1. The first-order valence-corrected chi connectivity index (χ1v) is 13.1. The fraction of sp³-hybridized carbons (Fsp3) is 0.741. The quantitative estimate of drug-likeness (QED) is 0.346. The molecule has 1 unspecified atom stereocenters. The molecule has 0 saturated heterocycles. The number of pyridine rings is 1. The van der Waals surface area contributed by atoms with Crippen molar-refractivity contribution in [1.29, 1.82) is 0 Å². The van der Waals surface area contributed by atoms with Gasteiger partial charge >= 0.3 is 0 Å². The van der Waals surface area contributed by atoms with Crippen molar-refractivity contribution in [2.24, 2.45) is 35.1 Å². The van der Waals surface area contributed by atoms with Crippen molar-refractivity contribution in [1.82, 2.24) is 10.3 Å². The van der Waals surface area contributed by atoms with Crippen LogP contribution in [0.4, 0.5) is 0 Å². The molecular weight excluding hydrogens is 428 g/mol. The number of rotatable bonds is 13. The third-order valence-electron chi connectivity index (χ3n) is 7.60. The standard InChI is InChI=1S/C27H46N4O3/c1-5-18(4)24(29)26(33)25(22-13-9-10-14-30-22)31-27(34)20(17(2)3)16-23(32)21(28)15-19-11-7-6-8-12-19/h9-10,13-14,17-21,23-25,32H,5-8,11-12,15-16,28-29H2,1-4H3,(H,31,34)/t18-,20-,21-,23-,24-,25?/m0/s1. The van der Waals surface area contributed by atoms with E-state index in [-0.39, 0.29) is 36.0 Å². The lowest BCUT2D eigenvalue weighted by Gasteiger charge is -2.31. The topological polar surface area (TPSA) is 131 Å². The number of Topliss-reactive ketones (excluding diaryl/α,β-unsaturated/α-hetero) is 1. The molecule has 0 aliphatic heterocycles. The Morgan fingerprint density at radius 2 is 1.82 bits per heavy atom. The Labute approximate surface area is 205 Å². The number of aliphatic hydroxyl groups excluding tert-OH is 1. The van der Waals surface area contributed by atoms with Gasteiger partial charge in [0, 0.05) is 18.2 Å². The number of amides is 1. The van der Waals surface area contributed by atoms with Gasteiger partial charge in [-0.2, -0.15) is 0 Å². The highest BCUT2D eigenvalue weighted by atomic mass is 16.3. The van der Waals surface area contributed by atoms with Gasteiger partial charge < -0.3 is 21.9 Å². The van der Waals surface area contributed by atoms with E-state index < -0.39 is 24.1 Å². The second-order valence-corrected chi connectivity index (χ2v) is 10.6. The zero-order valence-electron chi connectivity index (χ0n) is 21.5. The summed E-state index contributed by atoms with van der Waals surface area (Å²) in [5.41, 5.74) is 13.1. The van der Waals surface area contributed by atoms with E-state index in [1.54, 1.807) is 24.4 Å². The summed E-state index contributed by atoms with van der Waals surface area (Å²) in [4.78, 5) is 31.0. The SMILES string of the molecule is CC[C@H](C)[C@H](N)C(=O)C(NC(=O)[C@@H](C[C@H](O)[C@@H](N)CC1CCCCC1)C(C)C)c1ccccn1. The maximum Gasteiger partial charge on any atom is 0.224 e. The number of ketones is 1. The molecule has 192 valence electrons. The Morgan fingerprint density at radius 3 is 2.38 bits per heavy atom. The normalized spacial score (nSPS) is 20.2. The molecule has 1 saturated carbocycles.